The predicted molar refractivity (Wildman–Crippen MR) is 52.9 cm³/mol. The summed E-state index contributed by atoms with van der Waals surface area (Å²) in [6, 6.07) is 2.92. The number of nitrogens with one attached hydrogen (secondary N) is 2. The van der Waals surface area contributed by atoms with Crippen molar-refractivity contribution in [2.45, 2.75) is 0 Å². The summed E-state index contributed by atoms with van der Waals surface area (Å²) in [4.78, 5) is 11.5. The van der Waals surface area contributed by atoms with Crippen LogP contribution in [0.2, 0.25) is 0 Å². The molecule has 82 valence electrons. The van der Waals surface area contributed by atoms with Gasteiger partial charge in [0.05, 0.1) is 17.4 Å². The molecule has 2 aromatic rings. The van der Waals surface area contributed by atoms with E-state index in [9.17, 15) is 13.6 Å². The van der Waals surface area contributed by atoms with E-state index in [-0.39, 0.29) is 11.3 Å². The lowest BCUT2D eigenvalue weighted by atomic mass is 10.2. The number of H-pyrrole nitrogens is 1. The highest BCUT2D eigenvalue weighted by Gasteiger charge is 2.10. The fraction of sp³-hybridized carbons (Fsp3) is 0. The molecule has 1 heterocycles. The Kier molecular flexibility index (Phi) is 2.63. The highest BCUT2D eigenvalue weighted by molar-refractivity contribution is 6.03. The molecule has 2 N–H and O–H groups in total. The molecule has 0 atom stereocenters. The van der Waals surface area contributed by atoms with Crippen LogP contribution in [-0.4, -0.2) is 16.1 Å². The van der Waals surface area contributed by atoms with Crippen LogP contribution in [0.1, 0.15) is 10.4 Å². The van der Waals surface area contributed by atoms with E-state index in [4.69, 9.17) is 0 Å². The first-order valence-electron chi connectivity index (χ1n) is 4.42. The van der Waals surface area contributed by atoms with Crippen LogP contribution in [0, 0.1) is 11.6 Å². The van der Waals surface area contributed by atoms with Gasteiger partial charge in [0.25, 0.3) is 5.91 Å². The monoisotopic (exact) mass is 223 g/mol. The summed E-state index contributed by atoms with van der Waals surface area (Å²) in [5.41, 5.74) is 0.191. The van der Waals surface area contributed by atoms with Gasteiger partial charge in [0.1, 0.15) is 11.6 Å². The number of halogens is 2. The van der Waals surface area contributed by atoms with Gasteiger partial charge >= 0.3 is 0 Å². The van der Waals surface area contributed by atoms with Crippen molar-refractivity contribution in [3.8, 4) is 0 Å². The minimum absolute atomic E-state index is 0.0763. The quantitative estimate of drug-likeness (QED) is 0.817. The Morgan fingerprint density at radius 3 is 2.81 bits per heavy atom. The lowest BCUT2D eigenvalue weighted by molar-refractivity contribution is 0.102. The van der Waals surface area contributed by atoms with Crippen molar-refractivity contribution in [1.82, 2.24) is 10.2 Å². The summed E-state index contributed by atoms with van der Waals surface area (Å²) in [7, 11) is 0. The first-order valence-corrected chi connectivity index (χ1v) is 4.42. The highest BCUT2D eigenvalue weighted by atomic mass is 19.1. The molecule has 1 aromatic heterocycles. The van der Waals surface area contributed by atoms with E-state index in [0.717, 1.165) is 12.1 Å². The van der Waals surface area contributed by atoms with Gasteiger partial charge in [-0.2, -0.15) is 5.10 Å². The lowest BCUT2D eigenvalue weighted by Crippen LogP contribution is -2.12. The molecule has 0 aliphatic rings. The van der Waals surface area contributed by atoms with E-state index >= 15 is 0 Å². The van der Waals surface area contributed by atoms with Crippen LogP contribution in [0.3, 0.4) is 0 Å². The molecular weight excluding hydrogens is 216 g/mol. The van der Waals surface area contributed by atoms with Crippen molar-refractivity contribution in [2.75, 3.05) is 5.32 Å². The average molecular weight is 223 g/mol. The van der Waals surface area contributed by atoms with Crippen molar-refractivity contribution in [2.24, 2.45) is 0 Å². The molecule has 0 fully saturated rings. The summed E-state index contributed by atoms with van der Waals surface area (Å²) >= 11 is 0. The van der Waals surface area contributed by atoms with Crippen LogP contribution >= 0.6 is 0 Å². The number of hydrogen-bond donors (Lipinski definition) is 2. The number of carbonyl (C=O) groups excluding carboxylic acids is 1. The van der Waals surface area contributed by atoms with Crippen LogP contribution < -0.4 is 5.32 Å². The molecule has 16 heavy (non-hydrogen) atoms. The third-order valence-electron chi connectivity index (χ3n) is 1.94. The van der Waals surface area contributed by atoms with E-state index in [1.807, 2.05) is 0 Å². The SMILES string of the molecule is O=C(Nc1ccc(F)cc1F)c1cn[nH]c1. The second-order valence-corrected chi connectivity index (χ2v) is 3.07. The number of aromatic nitrogens is 2. The number of aromatic amines is 1. The Morgan fingerprint density at radius 1 is 1.38 bits per heavy atom. The van der Waals surface area contributed by atoms with Gasteiger partial charge in [-0.05, 0) is 12.1 Å². The maximum Gasteiger partial charge on any atom is 0.258 e. The van der Waals surface area contributed by atoms with Gasteiger partial charge in [0.2, 0.25) is 0 Å². The maximum atomic E-state index is 13.2. The van der Waals surface area contributed by atoms with Gasteiger partial charge in [-0.25, -0.2) is 8.78 Å². The van der Waals surface area contributed by atoms with Crippen LogP contribution in [0.15, 0.2) is 30.6 Å². The summed E-state index contributed by atoms with van der Waals surface area (Å²) < 4.78 is 25.8. The van der Waals surface area contributed by atoms with Crippen LogP contribution in [0.25, 0.3) is 0 Å². The van der Waals surface area contributed by atoms with Crippen LogP contribution in [0.5, 0.6) is 0 Å². The summed E-state index contributed by atoms with van der Waals surface area (Å²) in [6.07, 6.45) is 2.67. The molecule has 0 bridgehead atoms. The summed E-state index contributed by atoms with van der Waals surface area (Å²) in [5.74, 6) is -2.03. The fourth-order valence-corrected chi connectivity index (χ4v) is 1.16. The van der Waals surface area contributed by atoms with Crippen LogP contribution in [-0.2, 0) is 0 Å². The van der Waals surface area contributed by atoms with Gasteiger partial charge in [-0.15, -0.1) is 0 Å². The second kappa shape index (κ2) is 4.09. The molecule has 4 nitrogen and oxygen atoms in total. The molecule has 1 amide bonds. The van der Waals surface area contributed by atoms with Gasteiger partial charge in [0, 0.05) is 12.3 Å². The Hall–Kier alpha value is -2.24. The molecule has 0 radical (unpaired) electrons. The number of hydrogen-bond acceptors (Lipinski definition) is 2. The molecule has 0 aliphatic carbocycles. The molecule has 0 saturated heterocycles. The lowest BCUT2D eigenvalue weighted by Gasteiger charge is -2.04. The number of rotatable bonds is 2. The average Bonchev–Trinajstić information content (AvgIpc) is 2.75. The second-order valence-electron chi connectivity index (χ2n) is 3.07. The number of carbonyl (C=O) groups is 1. The molecule has 0 saturated carbocycles. The van der Waals surface area contributed by atoms with Gasteiger partial charge in [-0.3, -0.25) is 9.89 Å². The third-order valence-corrected chi connectivity index (χ3v) is 1.94. The van der Waals surface area contributed by atoms with Crippen molar-refractivity contribution in [3.05, 3.63) is 47.8 Å². The minimum atomic E-state index is -0.822. The number of amides is 1. The van der Waals surface area contributed by atoms with Crippen molar-refractivity contribution in [3.63, 3.8) is 0 Å². The number of anilines is 1. The summed E-state index contributed by atoms with van der Waals surface area (Å²) in [5, 5.41) is 8.34. The zero-order valence-corrected chi connectivity index (χ0v) is 8.00. The Balaban J connectivity index is 2.18. The van der Waals surface area contributed by atoms with E-state index in [0.29, 0.717) is 6.07 Å². The number of nitrogens with zero attached hydrogens (tertiary/aromatic N) is 1. The smallest absolute Gasteiger partial charge is 0.258 e. The number of benzene rings is 1. The topological polar surface area (TPSA) is 57.8 Å². The van der Waals surface area contributed by atoms with Crippen molar-refractivity contribution >= 4 is 11.6 Å². The fourth-order valence-electron chi connectivity index (χ4n) is 1.16. The Bertz CT molecular complexity index is 511. The maximum absolute atomic E-state index is 13.2. The molecule has 6 heteroatoms. The first-order chi connectivity index (χ1) is 7.66. The molecule has 1 aromatic carbocycles. The van der Waals surface area contributed by atoms with Crippen LogP contribution in [0.4, 0.5) is 14.5 Å². The van der Waals surface area contributed by atoms with Gasteiger partial charge < -0.3 is 5.32 Å². The minimum Gasteiger partial charge on any atom is -0.319 e. The third kappa shape index (κ3) is 2.05. The van der Waals surface area contributed by atoms with Gasteiger partial charge in [-0.1, -0.05) is 0 Å². The van der Waals surface area contributed by atoms with E-state index in [1.54, 1.807) is 0 Å². The zero-order valence-electron chi connectivity index (χ0n) is 8.00. The zero-order chi connectivity index (χ0) is 11.5. The predicted octanol–water partition coefficient (Wildman–Crippen LogP) is 1.94. The molecule has 0 unspecified atom stereocenters. The Labute approximate surface area is 89.3 Å². The standard InChI is InChI=1S/C10H7F2N3O/c11-7-1-2-9(8(12)3-7)15-10(16)6-4-13-14-5-6/h1-5H,(H,13,14)(H,15,16). The normalized spacial score (nSPS) is 10.1. The molecule has 0 spiro atoms. The van der Waals surface area contributed by atoms with E-state index in [1.165, 1.54) is 12.4 Å². The largest absolute Gasteiger partial charge is 0.319 e. The van der Waals surface area contributed by atoms with Crippen molar-refractivity contribution in [1.29, 1.82) is 0 Å². The van der Waals surface area contributed by atoms with E-state index < -0.39 is 17.5 Å². The first kappa shape index (κ1) is 10.3. The highest BCUT2D eigenvalue weighted by Crippen LogP contribution is 2.15. The van der Waals surface area contributed by atoms with E-state index in [2.05, 4.69) is 15.5 Å². The van der Waals surface area contributed by atoms with Crippen molar-refractivity contribution < 1.29 is 13.6 Å². The van der Waals surface area contributed by atoms with Gasteiger partial charge in [0.15, 0.2) is 0 Å². The summed E-state index contributed by atoms with van der Waals surface area (Å²) in [6.45, 7) is 0. The molecule has 2 rings (SSSR count). The Morgan fingerprint density at radius 2 is 2.19 bits per heavy atom. The molecule has 0 aliphatic heterocycles. The molecular formula is C10H7F2N3O.